The van der Waals surface area contributed by atoms with E-state index in [0.29, 0.717) is 0 Å². The number of halogens is 1. The minimum absolute atomic E-state index is 0.00953. The fraction of sp³-hybridized carbons (Fsp3) is 0.462. The van der Waals surface area contributed by atoms with Crippen LogP contribution in [-0.2, 0) is 16.0 Å². The summed E-state index contributed by atoms with van der Waals surface area (Å²) in [6.07, 6.45) is 0.271. The number of carbonyl (C=O) groups excluding carboxylic acids is 1. The molecule has 0 bridgehead atoms. The Labute approximate surface area is 95.4 Å². The molecule has 0 atom stereocenters. The van der Waals surface area contributed by atoms with Crippen LogP contribution >= 0.6 is 0 Å². The fourth-order valence-corrected chi connectivity index (χ4v) is 1.36. The van der Waals surface area contributed by atoms with Gasteiger partial charge in [0.1, 0.15) is 11.4 Å². The number of hydrogen-bond donors (Lipinski definition) is 0. The summed E-state index contributed by atoms with van der Waals surface area (Å²) < 4.78 is 18.0. The van der Waals surface area contributed by atoms with Crippen molar-refractivity contribution in [3.05, 3.63) is 35.1 Å². The molecule has 1 aromatic rings. The molecule has 16 heavy (non-hydrogen) atoms. The van der Waals surface area contributed by atoms with E-state index < -0.39 is 5.60 Å². The first-order chi connectivity index (χ1) is 7.36. The molecule has 0 fully saturated rings. The lowest BCUT2D eigenvalue weighted by Crippen LogP contribution is -2.35. The van der Waals surface area contributed by atoms with E-state index in [1.54, 1.807) is 26.8 Å². The van der Waals surface area contributed by atoms with Crippen molar-refractivity contribution in [3.8, 4) is 0 Å². The molecule has 0 saturated carbocycles. The van der Waals surface area contributed by atoms with Crippen LogP contribution in [-0.4, -0.2) is 18.5 Å². The minimum Gasteiger partial charge on any atom is -0.371 e. The number of ketones is 1. The number of rotatable bonds is 4. The van der Waals surface area contributed by atoms with Gasteiger partial charge >= 0.3 is 0 Å². The van der Waals surface area contributed by atoms with Crippen LogP contribution in [0.2, 0.25) is 0 Å². The number of ether oxygens (including phenoxy) is 1. The molecule has 0 amide bonds. The molecule has 0 aliphatic carbocycles. The van der Waals surface area contributed by atoms with Gasteiger partial charge in [0.25, 0.3) is 0 Å². The van der Waals surface area contributed by atoms with E-state index in [1.807, 2.05) is 0 Å². The molecule has 1 aromatic carbocycles. The molecule has 2 nitrogen and oxygen atoms in total. The Morgan fingerprint density at radius 3 is 2.56 bits per heavy atom. The van der Waals surface area contributed by atoms with Gasteiger partial charge in [0.15, 0.2) is 5.78 Å². The molecule has 0 heterocycles. The Bertz CT molecular complexity index is 397. The first kappa shape index (κ1) is 12.8. The summed E-state index contributed by atoms with van der Waals surface area (Å²) in [6.45, 7) is 5.26. The van der Waals surface area contributed by atoms with E-state index in [4.69, 9.17) is 4.74 Å². The normalized spacial score (nSPS) is 11.6. The second-order valence-corrected chi connectivity index (χ2v) is 4.39. The van der Waals surface area contributed by atoms with Crippen LogP contribution in [0.15, 0.2) is 18.2 Å². The predicted octanol–water partition coefficient (Wildman–Crippen LogP) is 2.67. The van der Waals surface area contributed by atoms with Gasteiger partial charge in [0, 0.05) is 13.5 Å². The summed E-state index contributed by atoms with van der Waals surface area (Å²) in [5, 5.41) is 0. The van der Waals surface area contributed by atoms with Crippen molar-refractivity contribution in [1.29, 1.82) is 0 Å². The van der Waals surface area contributed by atoms with Crippen LogP contribution in [0.1, 0.15) is 25.0 Å². The second kappa shape index (κ2) is 4.74. The highest BCUT2D eigenvalue weighted by molar-refractivity contribution is 5.88. The zero-order chi connectivity index (χ0) is 12.3. The Morgan fingerprint density at radius 2 is 2.06 bits per heavy atom. The van der Waals surface area contributed by atoms with Crippen LogP contribution in [0.5, 0.6) is 0 Å². The molecule has 0 aliphatic heterocycles. The van der Waals surface area contributed by atoms with E-state index in [9.17, 15) is 9.18 Å². The number of Topliss-reactive ketones (excluding diaryl/α,β-unsaturated/α-hetero) is 1. The lowest BCUT2D eigenvalue weighted by atomic mass is 9.94. The van der Waals surface area contributed by atoms with Gasteiger partial charge in [0.05, 0.1) is 0 Å². The Balaban J connectivity index is 2.85. The summed E-state index contributed by atoms with van der Waals surface area (Å²) in [7, 11) is 1.51. The topological polar surface area (TPSA) is 26.3 Å². The zero-order valence-corrected chi connectivity index (χ0v) is 10.1. The average Bonchev–Trinajstić information content (AvgIpc) is 2.22. The molecular formula is C13H17FO2. The maximum Gasteiger partial charge on any atom is 0.168 e. The maximum absolute atomic E-state index is 12.9. The second-order valence-electron chi connectivity index (χ2n) is 4.39. The highest BCUT2D eigenvalue weighted by Gasteiger charge is 2.26. The highest BCUT2D eigenvalue weighted by Crippen LogP contribution is 2.16. The summed E-state index contributed by atoms with van der Waals surface area (Å²) in [5.41, 5.74) is 0.845. The quantitative estimate of drug-likeness (QED) is 0.786. The third-order valence-corrected chi connectivity index (χ3v) is 2.84. The van der Waals surface area contributed by atoms with Crippen LogP contribution < -0.4 is 0 Å². The Morgan fingerprint density at radius 1 is 1.44 bits per heavy atom. The SMILES string of the molecule is COC(C)(C)C(=O)Cc1ccc(F)cc1C. The smallest absolute Gasteiger partial charge is 0.168 e. The summed E-state index contributed by atoms with van der Waals surface area (Å²) in [4.78, 5) is 11.9. The largest absolute Gasteiger partial charge is 0.371 e. The zero-order valence-electron chi connectivity index (χ0n) is 10.1. The van der Waals surface area contributed by atoms with Gasteiger partial charge < -0.3 is 4.74 Å². The third-order valence-electron chi connectivity index (χ3n) is 2.84. The van der Waals surface area contributed by atoms with Crippen molar-refractivity contribution in [1.82, 2.24) is 0 Å². The van der Waals surface area contributed by atoms with E-state index in [-0.39, 0.29) is 18.0 Å². The lowest BCUT2D eigenvalue weighted by Gasteiger charge is -2.21. The van der Waals surface area contributed by atoms with Crippen LogP contribution in [0.3, 0.4) is 0 Å². The van der Waals surface area contributed by atoms with Crippen molar-refractivity contribution in [2.24, 2.45) is 0 Å². The molecule has 0 radical (unpaired) electrons. The van der Waals surface area contributed by atoms with E-state index >= 15 is 0 Å². The molecule has 0 saturated heterocycles. The van der Waals surface area contributed by atoms with E-state index in [0.717, 1.165) is 11.1 Å². The van der Waals surface area contributed by atoms with E-state index in [2.05, 4.69) is 0 Å². The van der Waals surface area contributed by atoms with Gasteiger partial charge in [-0.3, -0.25) is 4.79 Å². The monoisotopic (exact) mass is 224 g/mol. The summed E-state index contributed by atoms with van der Waals surface area (Å²) in [5.74, 6) is -0.288. The van der Waals surface area contributed by atoms with Gasteiger partial charge in [0.2, 0.25) is 0 Å². The van der Waals surface area contributed by atoms with Gasteiger partial charge in [-0.25, -0.2) is 4.39 Å². The number of hydrogen-bond acceptors (Lipinski definition) is 2. The summed E-state index contributed by atoms with van der Waals surface area (Å²) in [6, 6.07) is 4.45. The lowest BCUT2D eigenvalue weighted by molar-refractivity contribution is -0.136. The van der Waals surface area contributed by atoms with Crippen molar-refractivity contribution in [2.45, 2.75) is 32.8 Å². The standard InChI is InChI=1S/C13H17FO2/c1-9-7-11(14)6-5-10(9)8-12(15)13(2,3)16-4/h5-7H,8H2,1-4H3. The number of carbonyl (C=O) groups is 1. The number of methoxy groups -OCH3 is 1. The fourth-order valence-electron chi connectivity index (χ4n) is 1.36. The summed E-state index contributed by atoms with van der Waals surface area (Å²) >= 11 is 0. The molecular weight excluding hydrogens is 207 g/mol. The minimum atomic E-state index is -0.791. The first-order valence-corrected chi connectivity index (χ1v) is 5.20. The van der Waals surface area contributed by atoms with Crippen LogP contribution in [0.4, 0.5) is 4.39 Å². The Hall–Kier alpha value is -1.22. The van der Waals surface area contributed by atoms with Gasteiger partial charge in [-0.15, -0.1) is 0 Å². The molecule has 0 aliphatic rings. The predicted molar refractivity (Wildman–Crippen MR) is 60.9 cm³/mol. The highest BCUT2D eigenvalue weighted by atomic mass is 19.1. The van der Waals surface area contributed by atoms with Crippen molar-refractivity contribution < 1.29 is 13.9 Å². The maximum atomic E-state index is 12.9. The first-order valence-electron chi connectivity index (χ1n) is 5.20. The molecule has 1 rings (SSSR count). The molecule has 0 spiro atoms. The van der Waals surface area contributed by atoms with Gasteiger partial charge in [-0.1, -0.05) is 6.07 Å². The van der Waals surface area contributed by atoms with E-state index in [1.165, 1.54) is 19.2 Å². The van der Waals surface area contributed by atoms with Crippen LogP contribution in [0, 0.1) is 12.7 Å². The van der Waals surface area contributed by atoms with Crippen LogP contribution in [0.25, 0.3) is 0 Å². The molecule has 0 unspecified atom stereocenters. The Kier molecular flexibility index (Phi) is 3.81. The van der Waals surface area contributed by atoms with Gasteiger partial charge in [-0.2, -0.15) is 0 Å². The third kappa shape index (κ3) is 2.89. The molecule has 3 heteroatoms. The van der Waals surface area contributed by atoms with Crippen molar-refractivity contribution >= 4 is 5.78 Å². The van der Waals surface area contributed by atoms with Crippen molar-refractivity contribution in [3.63, 3.8) is 0 Å². The molecule has 88 valence electrons. The van der Waals surface area contributed by atoms with Crippen molar-refractivity contribution in [2.75, 3.05) is 7.11 Å². The average molecular weight is 224 g/mol. The molecule has 0 N–H and O–H groups in total. The van der Waals surface area contributed by atoms with Gasteiger partial charge in [-0.05, 0) is 44.0 Å². The molecule has 0 aromatic heterocycles. The number of benzene rings is 1. The number of aryl methyl sites for hydroxylation is 1.